The summed E-state index contributed by atoms with van der Waals surface area (Å²) in [7, 11) is -0.249. The van der Waals surface area contributed by atoms with Gasteiger partial charge in [0, 0.05) is 30.7 Å². The molecule has 0 aliphatic heterocycles. The molecule has 1 heterocycles. The summed E-state index contributed by atoms with van der Waals surface area (Å²) in [6, 6.07) is 24.0. The molecule has 4 rings (SSSR count). The summed E-state index contributed by atoms with van der Waals surface area (Å²) >= 11 is 0. The van der Waals surface area contributed by atoms with Crippen LogP contribution in [0.5, 0.6) is 5.75 Å². The monoisotopic (exact) mass is 462 g/mol. The fraction of sp³-hybridized carbons (Fsp3) is 0.192. The van der Waals surface area contributed by atoms with Gasteiger partial charge in [-0.3, -0.25) is 4.79 Å². The van der Waals surface area contributed by atoms with Gasteiger partial charge in [0.25, 0.3) is 0 Å². The van der Waals surface area contributed by atoms with Crippen LogP contribution >= 0.6 is 0 Å². The van der Waals surface area contributed by atoms with Crippen molar-refractivity contribution in [3.63, 3.8) is 0 Å². The highest BCUT2D eigenvalue weighted by atomic mass is 32.2. The van der Waals surface area contributed by atoms with E-state index in [9.17, 15) is 13.2 Å². The zero-order chi connectivity index (χ0) is 23.4. The molecule has 7 heteroatoms. The Morgan fingerprint density at radius 3 is 2.39 bits per heavy atom. The second-order valence-electron chi connectivity index (χ2n) is 7.98. The maximum atomic E-state index is 13.2. The molecule has 0 saturated carbocycles. The molecule has 1 aromatic heterocycles. The Bertz CT molecular complexity index is 1380. The first kappa shape index (κ1) is 22.6. The van der Waals surface area contributed by atoms with Crippen molar-refractivity contribution in [2.24, 2.45) is 0 Å². The van der Waals surface area contributed by atoms with Gasteiger partial charge in [-0.15, -0.1) is 0 Å². The third-order valence-electron chi connectivity index (χ3n) is 5.57. The summed E-state index contributed by atoms with van der Waals surface area (Å²) < 4.78 is 33.4. The van der Waals surface area contributed by atoms with Crippen LogP contribution in [-0.2, 0) is 33.5 Å². The van der Waals surface area contributed by atoms with E-state index in [1.54, 1.807) is 48.0 Å². The number of hydrogen-bond donors (Lipinski definition) is 0. The summed E-state index contributed by atoms with van der Waals surface area (Å²) in [4.78, 5) is 14.9. The van der Waals surface area contributed by atoms with E-state index in [1.165, 1.54) is 0 Å². The number of rotatable bonds is 8. The number of ether oxygens (including phenoxy) is 1. The van der Waals surface area contributed by atoms with Crippen molar-refractivity contribution in [1.82, 2.24) is 9.47 Å². The number of carbonyl (C=O) groups is 1. The van der Waals surface area contributed by atoms with Gasteiger partial charge in [-0.2, -0.15) is 0 Å². The first-order chi connectivity index (χ1) is 15.9. The maximum Gasteiger partial charge on any atom is 0.242 e. The van der Waals surface area contributed by atoms with E-state index in [0.29, 0.717) is 17.4 Å². The smallest absolute Gasteiger partial charge is 0.242 e. The Morgan fingerprint density at radius 2 is 1.64 bits per heavy atom. The highest BCUT2D eigenvalue weighted by Gasteiger charge is 2.23. The van der Waals surface area contributed by atoms with Crippen molar-refractivity contribution in [3.05, 3.63) is 96.2 Å². The minimum absolute atomic E-state index is 0.0435. The standard InChI is InChI=1S/C26H26N2O4S/c1-27(16-21-11-8-12-22(15-21)32-2)26(29)18-28-17-25(23-13-6-7-14-24(23)28)33(30,31)19-20-9-4-3-5-10-20/h3-15,17H,16,18-19H2,1-2H3. The van der Waals surface area contributed by atoms with Crippen LogP contribution in [0.2, 0.25) is 0 Å². The number of fused-ring (bicyclic) bond motifs is 1. The van der Waals surface area contributed by atoms with E-state index in [-0.39, 0.29) is 23.1 Å². The number of benzene rings is 3. The minimum Gasteiger partial charge on any atom is -0.497 e. The predicted molar refractivity (Wildman–Crippen MR) is 129 cm³/mol. The third kappa shape index (κ3) is 5.09. The molecule has 0 aliphatic rings. The number of methoxy groups -OCH3 is 1. The third-order valence-corrected chi connectivity index (χ3v) is 7.28. The molecule has 0 radical (unpaired) electrons. The number of nitrogens with zero attached hydrogens (tertiary/aromatic N) is 2. The van der Waals surface area contributed by atoms with Crippen LogP contribution in [0.3, 0.4) is 0 Å². The Hall–Kier alpha value is -3.58. The largest absolute Gasteiger partial charge is 0.497 e. The molecule has 6 nitrogen and oxygen atoms in total. The second-order valence-corrected chi connectivity index (χ2v) is 9.94. The van der Waals surface area contributed by atoms with Gasteiger partial charge in [-0.25, -0.2) is 8.42 Å². The Morgan fingerprint density at radius 1 is 0.939 bits per heavy atom. The van der Waals surface area contributed by atoms with E-state index in [1.807, 2.05) is 60.7 Å². The average molecular weight is 463 g/mol. The number of sulfone groups is 1. The Kier molecular flexibility index (Phi) is 6.51. The van der Waals surface area contributed by atoms with E-state index in [0.717, 1.165) is 16.9 Å². The lowest BCUT2D eigenvalue weighted by molar-refractivity contribution is -0.131. The molecule has 0 atom stereocenters. The van der Waals surface area contributed by atoms with Crippen LogP contribution < -0.4 is 4.74 Å². The second kappa shape index (κ2) is 9.50. The predicted octanol–water partition coefficient (Wildman–Crippen LogP) is 4.28. The highest BCUT2D eigenvalue weighted by Crippen LogP contribution is 2.28. The summed E-state index contributed by atoms with van der Waals surface area (Å²) in [5, 5.41) is 0.622. The lowest BCUT2D eigenvalue weighted by atomic mass is 10.2. The SMILES string of the molecule is COc1cccc(CN(C)C(=O)Cn2cc(S(=O)(=O)Cc3ccccc3)c3ccccc32)c1. The first-order valence-electron chi connectivity index (χ1n) is 10.6. The van der Waals surface area contributed by atoms with Crippen LogP contribution in [0.1, 0.15) is 11.1 Å². The summed E-state index contributed by atoms with van der Waals surface area (Å²) in [6.45, 7) is 0.468. The lowest BCUT2D eigenvalue weighted by Gasteiger charge is -2.18. The molecular weight excluding hydrogens is 436 g/mol. The van der Waals surface area contributed by atoms with Crippen LogP contribution in [0.15, 0.2) is 90.0 Å². The molecule has 0 unspecified atom stereocenters. The molecule has 0 fully saturated rings. The quantitative estimate of drug-likeness (QED) is 0.392. The zero-order valence-electron chi connectivity index (χ0n) is 18.6. The van der Waals surface area contributed by atoms with Crippen molar-refractivity contribution in [3.8, 4) is 5.75 Å². The Balaban J connectivity index is 1.59. The molecule has 3 aromatic carbocycles. The van der Waals surface area contributed by atoms with Crippen molar-refractivity contribution in [1.29, 1.82) is 0 Å². The molecule has 0 spiro atoms. The van der Waals surface area contributed by atoms with Gasteiger partial charge in [0.15, 0.2) is 9.84 Å². The molecule has 0 bridgehead atoms. The van der Waals surface area contributed by atoms with E-state index in [2.05, 4.69) is 0 Å². The Labute approximate surface area is 193 Å². The minimum atomic E-state index is -3.59. The van der Waals surface area contributed by atoms with Gasteiger partial charge in [0.1, 0.15) is 12.3 Å². The number of aromatic nitrogens is 1. The van der Waals surface area contributed by atoms with Gasteiger partial charge in [0.2, 0.25) is 5.91 Å². The zero-order valence-corrected chi connectivity index (χ0v) is 19.5. The topological polar surface area (TPSA) is 68.6 Å². The van der Waals surface area contributed by atoms with Crippen LogP contribution in [0.25, 0.3) is 10.9 Å². The van der Waals surface area contributed by atoms with Gasteiger partial charge >= 0.3 is 0 Å². The van der Waals surface area contributed by atoms with Crippen molar-refractivity contribution < 1.29 is 17.9 Å². The van der Waals surface area contributed by atoms with Crippen molar-refractivity contribution in [2.75, 3.05) is 14.2 Å². The maximum absolute atomic E-state index is 13.2. The number of carbonyl (C=O) groups excluding carboxylic acids is 1. The number of para-hydroxylation sites is 1. The number of hydrogen-bond acceptors (Lipinski definition) is 4. The molecule has 33 heavy (non-hydrogen) atoms. The van der Waals surface area contributed by atoms with Gasteiger partial charge in [-0.05, 0) is 29.3 Å². The van der Waals surface area contributed by atoms with Gasteiger partial charge in [0.05, 0.1) is 17.8 Å². The van der Waals surface area contributed by atoms with Crippen LogP contribution in [0, 0.1) is 0 Å². The molecular formula is C26H26N2O4S. The molecule has 1 amide bonds. The number of amides is 1. The van der Waals surface area contributed by atoms with Crippen molar-refractivity contribution >= 4 is 26.6 Å². The fourth-order valence-electron chi connectivity index (χ4n) is 3.86. The molecule has 0 aliphatic carbocycles. The number of likely N-dealkylation sites (N-methyl/N-ethyl adjacent to an activating group) is 1. The molecule has 4 aromatic rings. The molecule has 0 saturated heterocycles. The van der Waals surface area contributed by atoms with Crippen LogP contribution in [-0.4, -0.2) is 37.9 Å². The van der Waals surface area contributed by atoms with Gasteiger partial charge in [-0.1, -0.05) is 60.7 Å². The summed E-state index contributed by atoms with van der Waals surface area (Å²) in [5.41, 5.74) is 2.39. The molecule has 0 N–H and O–H groups in total. The van der Waals surface area contributed by atoms with E-state index < -0.39 is 9.84 Å². The van der Waals surface area contributed by atoms with Gasteiger partial charge < -0.3 is 14.2 Å². The van der Waals surface area contributed by atoms with E-state index >= 15 is 0 Å². The lowest BCUT2D eigenvalue weighted by Crippen LogP contribution is -2.29. The fourth-order valence-corrected chi connectivity index (χ4v) is 5.44. The normalized spacial score (nSPS) is 11.5. The highest BCUT2D eigenvalue weighted by molar-refractivity contribution is 7.90. The summed E-state index contributed by atoms with van der Waals surface area (Å²) in [6.07, 6.45) is 1.58. The first-order valence-corrected chi connectivity index (χ1v) is 12.2. The van der Waals surface area contributed by atoms with Crippen LogP contribution in [0.4, 0.5) is 0 Å². The average Bonchev–Trinajstić information content (AvgIpc) is 3.19. The van der Waals surface area contributed by atoms with E-state index in [4.69, 9.17) is 4.74 Å². The summed E-state index contributed by atoms with van der Waals surface area (Å²) in [5.74, 6) is 0.523. The molecule has 170 valence electrons. The van der Waals surface area contributed by atoms with Crippen molar-refractivity contribution in [2.45, 2.75) is 23.7 Å².